The number of aliphatic hydroxyl groups is 1. The van der Waals surface area contributed by atoms with Gasteiger partial charge in [-0.3, -0.25) is 9.59 Å². The number of β-amino-alcohol motifs (C(OH)–C–C–N with tert-alkyl or cyclic N) is 1. The largest absolute Gasteiger partial charge is 0.390 e. The van der Waals surface area contributed by atoms with E-state index in [1.807, 2.05) is 0 Å². The maximum atomic E-state index is 11.8. The first-order valence-corrected chi connectivity index (χ1v) is 8.49. The normalized spacial score (nSPS) is 22.1. The van der Waals surface area contributed by atoms with Crippen LogP contribution in [0.1, 0.15) is 39.0 Å². The lowest BCUT2D eigenvalue weighted by Crippen LogP contribution is -2.43. The molecule has 6 nitrogen and oxygen atoms in total. The fraction of sp³-hybridized carbons (Fsp3) is 0.875. The molecule has 0 aromatic heterocycles. The van der Waals surface area contributed by atoms with Gasteiger partial charge in [-0.05, 0) is 38.3 Å². The van der Waals surface area contributed by atoms with Crippen molar-refractivity contribution in [2.75, 3.05) is 39.3 Å². The van der Waals surface area contributed by atoms with Gasteiger partial charge in [0.15, 0.2) is 0 Å². The summed E-state index contributed by atoms with van der Waals surface area (Å²) in [6.45, 7) is 6.49. The molecule has 1 unspecified atom stereocenters. The third-order valence-electron chi connectivity index (χ3n) is 4.66. The minimum atomic E-state index is -0.522. The van der Waals surface area contributed by atoms with Crippen molar-refractivity contribution in [1.29, 1.82) is 0 Å². The molecular formula is C16H29N3O3. The Labute approximate surface area is 132 Å². The van der Waals surface area contributed by atoms with E-state index in [9.17, 15) is 14.7 Å². The van der Waals surface area contributed by atoms with Crippen molar-refractivity contribution in [1.82, 2.24) is 15.1 Å². The molecule has 0 spiro atoms. The summed E-state index contributed by atoms with van der Waals surface area (Å²) >= 11 is 0. The number of hydrogen-bond donors (Lipinski definition) is 2. The second kappa shape index (κ2) is 8.48. The van der Waals surface area contributed by atoms with E-state index in [0.29, 0.717) is 32.5 Å². The summed E-state index contributed by atoms with van der Waals surface area (Å²) in [5.74, 6) is 0.833. The lowest BCUT2D eigenvalue weighted by Gasteiger charge is -2.31. The molecule has 2 aliphatic heterocycles. The fourth-order valence-corrected chi connectivity index (χ4v) is 3.10. The number of aliphatic hydroxyl groups excluding tert-OH is 1. The van der Waals surface area contributed by atoms with Crippen LogP contribution in [0.3, 0.4) is 0 Å². The number of rotatable bonds is 7. The fourth-order valence-electron chi connectivity index (χ4n) is 3.10. The van der Waals surface area contributed by atoms with Crippen molar-refractivity contribution in [3.8, 4) is 0 Å². The minimum Gasteiger partial charge on any atom is -0.390 e. The van der Waals surface area contributed by atoms with Crippen molar-refractivity contribution in [3.63, 3.8) is 0 Å². The van der Waals surface area contributed by atoms with Crippen LogP contribution in [0, 0.1) is 5.92 Å². The molecule has 2 heterocycles. The van der Waals surface area contributed by atoms with Gasteiger partial charge in [0.05, 0.1) is 6.10 Å². The van der Waals surface area contributed by atoms with E-state index in [1.165, 1.54) is 12.8 Å². The van der Waals surface area contributed by atoms with Gasteiger partial charge in [-0.15, -0.1) is 0 Å². The molecule has 126 valence electrons. The van der Waals surface area contributed by atoms with Crippen molar-refractivity contribution in [2.24, 2.45) is 5.92 Å². The molecule has 2 N–H and O–H groups in total. The van der Waals surface area contributed by atoms with Gasteiger partial charge in [-0.25, -0.2) is 0 Å². The summed E-state index contributed by atoms with van der Waals surface area (Å²) in [4.78, 5) is 27.2. The highest BCUT2D eigenvalue weighted by Crippen LogP contribution is 2.15. The molecule has 0 saturated carbocycles. The Morgan fingerprint density at radius 2 is 2.09 bits per heavy atom. The third-order valence-corrected chi connectivity index (χ3v) is 4.66. The third kappa shape index (κ3) is 5.57. The molecule has 0 aliphatic carbocycles. The predicted octanol–water partition coefficient (Wildman–Crippen LogP) is 0.208. The van der Waals surface area contributed by atoms with Crippen LogP contribution in [-0.4, -0.2) is 72.1 Å². The molecule has 0 aromatic carbocycles. The van der Waals surface area contributed by atoms with Crippen LogP contribution >= 0.6 is 0 Å². The van der Waals surface area contributed by atoms with E-state index in [0.717, 1.165) is 32.0 Å². The summed E-state index contributed by atoms with van der Waals surface area (Å²) in [5, 5.41) is 12.8. The molecule has 22 heavy (non-hydrogen) atoms. The van der Waals surface area contributed by atoms with Crippen molar-refractivity contribution in [2.45, 2.75) is 45.1 Å². The highest BCUT2D eigenvalue weighted by atomic mass is 16.3. The summed E-state index contributed by atoms with van der Waals surface area (Å²) in [6, 6.07) is 0. The zero-order valence-electron chi connectivity index (χ0n) is 13.6. The van der Waals surface area contributed by atoms with Gasteiger partial charge < -0.3 is 20.2 Å². The molecular weight excluding hydrogens is 282 g/mol. The van der Waals surface area contributed by atoms with Crippen LogP contribution in [0.25, 0.3) is 0 Å². The molecule has 2 aliphatic rings. The second-order valence-electron chi connectivity index (χ2n) is 6.68. The molecule has 0 bridgehead atoms. The van der Waals surface area contributed by atoms with E-state index in [2.05, 4.69) is 17.1 Å². The van der Waals surface area contributed by atoms with Crippen LogP contribution in [0.5, 0.6) is 0 Å². The lowest BCUT2D eigenvalue weighted by atomic mass is 9.99. The summed E-state index contributed by atoms with van der Waals surface area (Å²) < 4.78 is 0. The zero-order valence-corrected chi connectivity index (χ0v) is 13.6. The number of likely N-dealkylation sites (tertiary alicyclic amines) is 2. The molecule has 2 saturated heterocycles. The van der Waals surface area contributed by atoms with Crippen LogP contribution in [0.2, 0.25) is 0 Å². The van der Waals surface area contributed by atoms with Crippen LogP contribution in [0.15, 0.2) is 0 Å². The van der Waals surface area contributed by atoms with Gasteiger partial charge in [-0.2, -0.15) is 0 Å². The molecule has 1 atom stereocenters. The van der Waals surface area contributed by atoms with Gasteiger partial charge in [0, 0.05) is 39.0 Å². The van der Waals surface area contributed by atoms with E-state index in [1.54, 1.807) is 4.90 Å². The van der Waals surface area contributed by atoms with Gasteiger partial charge in [0.25, 0.3) is 0 Å². The quantitative estimate of drug-likeness (QED) is 0.705. The average molecular weight is 311 g/mol. The van der Waals surface area contributed by atoms with Gasteiger partial charge in [0.1, 0.15) is 0 Å². The lowest BCUT2D eigenvalue weighted by molar-refractivity contribution is -0.128. The number of carbonyl (C=O) groups is 2. The monoisotopic (exact) mass is 311 g/mol. The van der Waals surface area contributed by atoms with Crippen LogP contribution in [-0.2, 0) is 9.59 Å². The van der Waals surface area contributed by atoms with Crippen molar-refractivity contribution in [3.05, 3.63) is 0 Å². The second-order valence-corrected chi connectivity index (χ2v) is 6.68. The number of carbonyl (C=O) groups excluding carboxylic acids is 2. The topological polar surface area (TPSA) is 72.9 Å². The van der Waals surface area contributed by atoms with Gasteiger partial charge >= 0.3 is 0 Å². The number of amides is 2. The summed E-state index contributed by atoms with van der Waals surface area (Å²) in [6.07, 6.45) is 3.67. The Kier molecular flexibility index (Phi) is 6.64. The van der Waals surface area contributed by atoms with Gasteiger partial charge in [0.2, 0.25) is 11.8 Å². The molecule has 2 amide bonds. The molecule has 6 heteroatoms. The molecule has 2 rings (SSSR count). The van der Waals surface area contributed by atoms with Crippen LogP contribution in [0.4, 0.5) is 0 Å². The molecule has 2 fully saturated rings. The zero-order chi connectivity index (χ0) is 15.9. The molecule has 0 aromatic rings. The Balaban J connectivity index is 1.56. The number of hydrogen-bond acceptors (Lipinski definition) is 4. The van der Waals surface area contributed by atoms with E-state index in [-0.39, 0.29) is 11.8 Å². The average Bonchev–Trinajstić information content (AvgIpc) is 2.91. The molecule has 0 radical (unpaired) electrons. The number of nitrogens with one attached hydrogen (secondary N) is 1. The predicted molar refractivity (Wildman–Crippen MR) is 84.3 cm³/mol. The van der Waals surface area contributed by atoms with Crippen molar-refractivity contribution >= 4 is 11.8 Å². The first-order valence-electron chi connectivity index (χ1n) is 8.49. The smallest absolute Gasteiger partial charge is 0.222 e. The minimum absolute atomic E-state index is 0.0917. The highest BCUT2D eigenvalue weighted by molar-refractivity contribution is 5.80. The summed E-state index contributed by atoms with van der Waals surface area (Å²) in [5.41, 5.74) is 0. The number of nitrogens with zero attached hydrogens (tertiary/aromatic N) is 2. The SMILES string of the molecule is CC1CCN(CC(O)CNC(=O)CCN2CCCC2=O)CC1. The van der Waals surface area contributed by atoms with E-state index in [4.69, 9.17) is 0 Å². The Bertz CT molecular complexity index is 381. The first-order chi connectivity index (χ1) is 10.5. The van der Waals surface area contributed by atoms with Gasteiger partial charge in [-0.1, -0.05) is 6.92 Å². The van der Waals surface area contributed by atoms with Crippen LogP contribution < -0.4 is 5.32 Å². The Hall–Kier alpha value is -1.14. The summed E-state index contributed by atoms with van der Waals surface area (Å²) in [7, 11) is 0. The highest BCUT2D eigenvalue weighted by Gasteiger charge is 2.21. The maximum Gasteiger partial charge on any atom is 0.222 e. The Morgan fingerprint density at radius 3 is 2.73 bits per heavy atom. The van der Waals surface area contributed by atoms with E-state index >= 15 is 0 Å². The van der Waals surface area contributed by atoms with Crippen molar-refractivity contribution < 1.29 is 14.7 Å². The maximum absolute atomic E-state index is 11.8. The Morgan fingerprint density at radius 1 is 1.36 bits per heavy atom. The van der Waals surface area contributed by atoms with E-state index < -0.39 is 6.10 Å². The first kappa shape index (κ1) is 17.2. The standard InChI is InChI=1S/C16H29N3O3/c1-13-4-8-18(9-5-13)12-14(20)11-17-15(21)6-10-19-7-2-3-16(19)22/h13-14,20H,2-12H2,1H3,(H,17,21). The number of piperidine rings is 1.